The number of aryl methyl sites for hydroxylation is 1. The summed E-state index contributed by atoms with van der Waals surface area (Å²) in [7, 11) is 1.57. The van der Waals surface area contributed by atoms with E-state index < -0.39 is 0 Å². The van der Waals surface area contributed by atoms with Gasteiger partial charge in [-0.25, -0.2) is 9.37 Å². The number of pyridine rings is 1. The fraction of sp³-hybridized carbons (Fsp3) is 0.222. The molecular weight excluding hydrogens is 309 g/mol. The lowest BCUT2D eigenvalue weighted by atomic mass is 10.1. The zero-order valence-corrected chi connectivity index (χ0v) is 13.5. The number of halogens is 1. The van der Waals surface area contributed by atoms with Crippen LogP contribution in [0.1, 0.15) is 21.7 Å². The molecule has 0 aliphatic heterocycles. The third-order valence-corrected chi connectivity index (χ3v) is 3.84. The molecule has 6 heteroatoms. The number of aromatic nitrogens is 2. The van der Waals surface area contributed by atoms with E-state index in [1.165, 1.54) is 12.1 Å². The van der Waals surface area contributed by atoms with Crippen LogP contribution in [0.5, 0.6) is 5.75 Å². The molecule has 2 heterocycles. The van der Waals surface area contributed by atoms with Crippen molar-refractivity contribution >= 4 is 11.6 Å². The van der Waals surface area contributed by atoms with E-state index in [0.29, 0.717) is 35.8 Å². The van der Waals surface area contributed by atoms with Gasteiger partial charge in [0.1, 0.15) is 11.5 Å². The zero-order chi connectivity index (χ0) is 17.1. The Labute approximate surface area is 139 Å². The van der Waals surface area contributed by atoms with Crippen LogP contribution in [0.3, 0.4) is 0 Å². The van der Waals surface area contributed by atoms with Crippen LogP contribution >= 0.6 is 0 Å². The lowest BCUT2D eigenvalue weighted by Crippen LogP contribution is -2.27. The number of ether oxygens (including phenoxy) is 1. The lowest BCUT2D eigenvalue weighted by Gasteiger charge is -2.07. The first kappa shape index (κ1) is 16.0. The summed E-state index contributed by atoms with van der Waals surface area (Å²) in [4.78, 5) is 16.9. The molecule has 0 bridgehead atoms. The predicted molar refractivity (Wildman–Crippen MR) is 88.9 cm³/mol. The highest BCUT2D eigenvalue weighted by atomic mass is 19.1. The first-order valence-electron chi connectivity index (χ1n) is 7.64. The van der Waals surface area contributed by atoms with Crippen molar-refractivity contribution in [1.82, 2.24) is 14.7 Å². The molecule has 1 N–H and O–H groups in total. The monoisotopic (exact) mass is 327 g/mol. The number of hydrogen-bond acceptors (Lipinski definition) is 3. The number of rotatable bonds is 5. The van der Waals surface area contributed by atoms with Crippen LogP contribution in [0.2, 0.25) is 0 Å². The van der Waals surface area contributed by atoms with Crippen LogP contribution < -0.4 is 10.1 Å². The third kappa shape index (κ3) is 3.08. The van der Waals surface area contributed by atoms with E-state index in [4.69, 9.17) is 4.74 Å². The number of amides is 1. The van der Waals surface area contributed by atoms with Crippen molar-refractivity contribution in [2.45, 2.75) is 13.3 Å². The summed E-state index contributed by atoms with van der Waals surface area (Å²) in [5, 5.41) is 2.88. The fourth-order valence-electron chi connectivity index (χ4n) is 2.64. The van der Waals surface area contributed by atoms with Crippen molar-refractivity contribution in [3.8, 4) is 5.75 Å². The largest absolute Gasteiger partial charge is 0.493 e. The Kier molecular flexibility index (Phi) is 4.46. The van der Waals surface area contributed by atoms with Gasteiger partial charge in [-0.1, -0.05) is 12.1 Å². The number of fused-ring (bicyclic) bond motifs is 1. The molecule has 3 rings (SSSR count). The predicted octanol–water partition coefficient (Wildman–Crippen LogP) is 2.76. The second-order valence-corrected chi connectivity index (χ2v) is 5.45. The van der Waals surface area contributed by atoms with Crippen LogP contribution in [0, 0.1) is 12.7 Å². The molecule has 0 aliphatic rings. The summed E-state index contributed by atoms with van der Waals surface area (Å²) in [5.74, 6) is 0.152. The molecule has 0 spiro atoms. The number of carbonyl (C=O) groups excluding carboxylic acids is 1. The van der Waals surface area contributed by atoms with Gasteiger partial charge in [-0.2, -0.15) is 0 Å². The van der Waals surface area contributed by atoms with Crippen molar-refractivity contribution in [2.75, 3.05) is 13.7 Å². The SMILES string of the molecule is COc1cccn2c(C(=O)NCCc3ccc(F)cc3)c(C)nc12. The average molecular weight is 327 g/mol. The minimum atomic E-state index is -0.266. The molecule has 0 fully saturated rings. The van der Waals surface area contributed by atoms with E-state index >= 15 is 0 Å². The number of nitrogens with one attached hydrogen (secondary N) is 1. The summed E-state index contributed by atoms with van der Waals surface area (Å²) < 4.78 is 19.9. The van der Waals surface area contributed by atoms with Gasteiger partial charge in [0.25, 0.3) is 5.91 Å². The molecule has 0 radical (unpaired) electrons. The van der Waals surface area contributed by atoms with Gasteiger partial charge in [-0.3, -0.25) is 9.20 Å². The Morgan fingerprint density at radius 1 is 1.29 bits per heavy atom. The second kappa shape index (κ2) is 6.70. The minimum Gasteiger partial charge on any atom is -0.493 e. The molecule has 0 atom stereocenters. The Hall–Kier alpha value is -2.89. The molecule has 3 aromatic rings. The van der Waals surface area contributed by atoms with Crippen molar-refractivity contribution in [3.05, 3.63) is 65.4 Å². The van der Waals surface area contributed by atoms with Gasteiger partial charge in [0.15, 0.2) is 11.4 Å². The summed E-state index contributed by atoms with van der Waals surface area (Å²) >= 11 is 0. The second-order valence-electron chi connectivity index (χ2n) is 5.45. The molecule has 0 saturated heterocycles. The summed E-state index contributed by atoms with van der Waals surface area (Å²) in [6.07, 6.45) is 2.41. The highest BCUT2D eigenvalue weighted by Gasteiger charge is 2.18. The normalized spacial score (nSPS) is 10.8. The van der Waals surface area contributed by atoms with Crippen molar-refractivity contribution in [2.24, 2.45) is 0 Å². The number of imidazole rings is 1. The molecule has 5 nitrogen and oxygen atoms in total. The van der Waals surface area contributed by atoms with Crippen LogP contribution in [-0.2, 0) is 6.42 Å². The number of carbonyl (C=O) groups is 1. The Morgan fingerprint density at radius 3 is 2.75 bits per heavy atom. The molecular formula is C18H18FN3O2. The zero-order valence-electron chi connectivity index (χ0n) is 13.5. The van der Waals surface area contributed by atoms with Crippen LogP contribution in [0.25, 0.3) is 5.65 Å². The molecule has 0 unspecified atom stereocenters. The van der Waals surface area contributed by atoms with Crippen molar-refractivity contribution < 1.29 is 13.9 Å². The van der Waals surface area contributed by atoms with Crippen LogP contribution in [0.15, 0.2) is 42.6 Å². The number of hydrogen-bond donors (Lipinski definition) is 1. The quantitative estimate of drug-likeness (QED) is 0.784. The van der Waals surface area contributed by atoms with Gasteiger partial charge < -0.3 is 10.1 Å². The Bertz CT molecular complexity index is 872. The van der Waals surface area contributed by atoms with E-state index in [-0.39, 0.29) is 11.7 Å². The maximum absolute atomic E-state index is 12.9. The number of benzene rings is 1. The summed E-state index contributed by atoms with van der Waals surface area (Å²) in [6.45, 7) is 2.25. The maximum Gasteiger partial charge on any atom is 0.270 e. The summed E-state index contributed by atoms with van der Waals surface area (Å²) in [6, 6.07) is 9.87. The van der Waals surface area contributed by atoms with Crippen LogP contribution in [-0.4, -0.2) is 28.9 Å². The highest BCUT2D eigenvalue weighted by Crippen LogP contribution is 2.21. The van der Waals surface area contributed by atoms with Crippen LogP contribution in [0.4, 0.5) is 4.39 Å². The third-order valence-electron chi connectivity index (χ3n) is 3.84. The van der Waals surface area contributed by atoms with E-state index in [2.05, 4.69) is 10.3 Å². The molecule has 124 valence electrons. The van der Waals surface area contributed by atoms with Gasteiger partial charge in [-0.15, -0.1) is 0 Å². The van der Waals surface area contributed by atoms with Crippen molar-refractivity contribution in [1.29, 1.82) is 0 Å². The van der Waals surface area contributed by atoms with Crippen molar-refractivity contribution in [3.63, 3.8) is 0 Å². The van der Waals surface area contributed by atoms with E-state index in [1.54, 1.807) is 42.8 Å². The standard InChI is InChI=1S/C18H18FN3O2/c1-12-16(22-11-3-4-15(24-2)17(22)21-12)18(23)20-10-9-13-5-7-14(19)8-6-13/h3-8,11H,9-10H2,1-2H3,(H,20,23). The molecule has 0 aliphatic carbocycles. The molecule has 1 aromatic carbocycles. The van der Waals surface area contributed by atoms with E-state index in [1.807, 2.05) is 6.07 Å². The first-order valence-corrected chi connectivity index (χ1v) is 7.64. The van der Waals surface area contributed by atoms with Gasteiger partial charge in [0.05, 0.1) is 12.8 Å². The fourth-order valence-corrected chi connectivity index (χ4v) is 2.64. The smallest absolute Gasteiger partial charge is 0.270 e. The topological polar surface area (TPSA) is 55.6 Å². The number of nitrogens with zero attached hydrogens (tertiary/aromatic N) is 2. The van der Waals surface area contributed by atoms with E-state index in [0.717, 1.165) is 5.56 Å². The minimum absolute atomic E-state index is 0.199. The lowest BCUT2D eigenvalue weighted by molar-refractivity contribution is 0.0947. The molecule has 2 aromatic heterocycles. The molecule has 24 heavy (non-hydrogen) atoms. The molecule has 1 amide bonds. The van der Waals surface area contributed by atoms with E-state index in [9.17, 15) is 9.18 Å². The van der Waals surface area contributed by atoms with Gasteiger partial charge in [0, 0.05) is 12.7 Å². The highest BCUT2D eigenvalue weighted by molar-refractivity contribution is 5.95. The molecule has 0 saturated carbocycles. The first-order chi connectivity index (χ1) is 11.6. The van der Waals surface area contributed by atoms with Gasteiger partial charge >= 0.3 is 0 Å². The number of methoxy groups -OCH3 is 1. The van der Waals surface area contributed by atoms with Gasteiger partial charge in [0.2, 0.25) is 0 Å². The average Bonchev–Trinajstić information content (AvgIpc) is 2.92. The summed E-state index contributed by atoms with van der Waals surface area (Å²) in [5.41, 5.74) is 2.70. The Balaban J connectivity index is 1.74. The maximum atomic E-state index is 12.9. The van der Waals surface area contributed by atoms with Gasteiger partial charge in [-0.05, 0) is 43.2 Å². The Morgan fingerprint density at radius 2 is 2.04 bits per heavy atom.